The molecule has 10 heteroatoms. The standard InChI is InChI=1S/C21H19N7O3/c1-26-10-22-20-18(26)21(29)28(11-23-20)9-16-24-19(25-31-16)17-14-7-27(8-15(14)17)12-3-5-13(30-2)6-4-12/h3-7,10-11,15,17H,8-9H2,1-2H3/t15-,17-/m0/s1. The quantitative estimate of drug-likeness (QED) is 0.483. The Kier molecular flexibility index (Phi) is 3.76. The van der Waals surface area contributed by atoms with Crippen molar-refractivity contribution >= 4 is 16.9 Å². The first-order valence-corrected chi connectivity index (χ1v) is 9.93. The summed E-state index contributed by atoms with van der Waals surface area (Å²) < 4.78 is 13.8. The van der Waals surface area contributed by atoms with E-state index in [0.29, 0.717) is 28.8 Å². The van der Waals surface area contributed by atoms with Crippen LogP contribution in [0.25, 0.3) is 11.2 Å². The van der Waals surface area contributed by atoms with Crippen LogP contribution in [0.5, 0.6) is 5.75 Å². The van der Waals surface area contributed by atoms with Crippen LogP contribution in [0, 0.1) is 5.92 Å². The first-order valence-electron chi connectivity index (χ1n) is 9.93. The Morgan fingerprint density at radius 3 is 2.74 bits per heavy atom. The highest BCUT2D eigenvalue weighted by molar-refractivity contribution is 5.68. The minimum Gasteiger partial charge on any atom is -0.497 e. The van der Waals surface area contributed by atoms with E-state index in [-0.39, 0.29) is 18.0 Å². The Hall–Kier alpha value is -3.95. The fourth-order valence-electron chi connectivity index (χ4n) is 4.24. The molecule has 0 saturated heterocycles. The van der Waals surface area contributed by atoms with Crippen molar-refractivity contribution in [1.82, 2.24) is 29.2 Å². The Morgan fingerprint density at radius 2 is 2.00 bits per heavy atom. The molecule has 1 fully saturated rings. The zero-order chi connectivity index (χ0) is 21.1. The molecule has 6 rings (SSSR count). The van der Waals surface area contributed by atoms with Crippen molar-refractivity contribution in [1.29, 1.82) is 0 Å². The third-order valence-electron chi connectivity index (χ3n) is 5.95. The van der Waals surface area contributed by atoms with Gasteiger partial charge in [-0.1, -0.05) is 5.16 Å². The molecule has 10 nitrogen and oxygen atoms in total. The number of nitrogens with zero attached hydrogens (tertiary/aromatic N) is 7. The Morgan fingerprint density at radius 1 is 1.19 bits per heavy atom. The van der Waals surface area contributed by atoms with Crippen LogP contribution < -0.4 is 15.2 Å². The molecule has 31 heavy (non-hydrogen) atoms. The van der Waals surface area contributed by atoms with Crippen LogP contribution in [-0.2, 0) is 13.6 Å². The number of rotatable bonds is 5. The van der Waals surface area contributed by atoms with Crippen LogP contribution in [0.2, 0.25) is 0 Å². The van der Waals surface area contributed by atoms with Crippen LogP contribution in [0.15, 0.2) is 58.0 Å². The molecule has 1 aromatic carbocycles. The number of ether oxygens (including phenoxy) is 1. The van der Waals surface area contributed by atoms with Crippen molar-refractivity contribution in [3.05, 3.63) is 70.8 Å². The van der Waals surface area contributed by atoms with E-state index in [1.807, 2.05) is 24.3 Å². The second kappa shape index (κ2) is 6.53. The summed E-state index contributed by atoms with van der Waals surface area (Å²) in [5.41, 5.74) is 3.12. The van der Waals surface area contributed by atoms with Gasteiger partial charge in [0, 0.05) is 31.4 Å². The van der Waals surface area contributed by atoms with Gasteiger partial charge < -0.3 is 18.7 Å². The normalized spacial score (nSPS) is 19.5. The number of hydrogen-bond donors (Lipinski definition) is 0. The molecule has 2 atom stereocenters. The lowest BCUT2D eigenvalue weighted by Crippen LogP contribution is -2.22. The minimum absolute atomic E-state index is 0.175. The second-order valence-corrected chi connectivity index (χ2v) is 7.82. The van der Waals surface area contributed by atoms with Gasteiger partial charge in [0.15, 0.2) is 17.0 Å². The number of fused-ring (bicyclic) bond motifs is 2. The van der Waals surface area contributed by atoms with E-state index >= 15 is 0 Å². The van der Waals surface area contributed by atoms with E-state index in [1.54, 1.807) is 25.1 Å². The molecular weight excluding hydrogens is 398 g/mol. The number of methoxy groups -OCH3 is 1. The highest BCUT2D eigenvalue weighted by Gasteiger charge is 2.52. The van der Waals surface area contributed by atoms with Gasteiger partial charge in [0.05, 0.1) is 19.4 Å². The molecule has 0 radical (unpaired) electrons. The Labute approximate surface area is 176 Å². The van der Waals surface area contributed by atoms with Gasteiger partial charge in [-0.25, -0.2) is 9.97 Å². The van der Waals surface area contributed by atoms with E-state index < -0.39 is 0 Å². The predicted molar refractivity (Wildman–Crippen MR) is 111 cm³/mol. The summed E-state index contributed by atoms with van der Waals surface area (Å²) in [5.74, 6) is 2.47. The number of hydrogen-bond acceptors (Lipinski definition) is 8. The molecule has 0 unspecified atom stereocenters. The number of imidazole rings is 1. The summed E-state index contributed by atoms with van der Waals surface area (Å²) in [6.07, 6.45) is 5.20. The van der Waals surface area contributed by atoms with Gasteiger partial charge in [-0.05, 0) is 29.8 Å². The Balaban J connectivity index is 1.19. The van der Waals surface area contributed by atoms with Gasteiger partial charge in [-0.2, -0.15) is 4.98 Å². The van der Waals surface area contributed by atoms with Gasteiger partial charge in [-0.15, -0.1) is 0 Å². The van der Waals surface area contributed by atoms with Crippen molar-refractivity contribution in [2.45, 2.75) is 12.5 Å². The molecule has 1 aliphatic carbocycles. The summed E-state index contributed by atoms with van der Waals surface area (Å²) in [7, 11) is 3.43. The maximum Gasteiger partial charge on any atom is 0.280 e. The number of aryl methyl sites for hydroxylation is 1. The van der Waals surface area contributed by atoms with Gasteiger partial charge in [0.1, 0.15) is 18.6 Å². The summed E-state index contributed by atoms with van der Waals surface area (Å²) >= 11 is 0. The Bertz CT molecular complexity index is 1380. The maximum absolute atomic E-state index is 12.7. The minimum atomic E-state index is -0.189. The molecule has 2 aliphatic rings. The van der Waals surface area contributed by atoms with E-state index in [4.69, 9.17) is 9.26 Å². The fraction of sp³-hybridized carbons (Fsp3) is 0.286. The molecule has 1 saturated carbocycles. The molecule has 0 N–H and O–H groups in total. The lowest BCUT2D eigenvalue weighted by molar-refractivity contribution is 0.364. The highest BCUT2D eigenvalue weighted by Crippen LogP contribution is 2.56. The van der Waals surface area contributed by atoms with E-state index in [0.717, 1.165) is 18.0 Å². The summed E-state index contributed by atoms with van der Waals surface area (Å²) in [5, 5.41) is 4.16. The molecular formula is C21H19N7O3. The van der Waals surface area contributed by atoms with Crippen LogP contribution in [0.4, 0.5) is 5.69 Å². The van der Waals surface area contributed by atoms with Gasteiger partial charge in [0.2, 0.25) is 5.89 Å². The molecule has 0 amide bonds. The summed E-state index contributed by atoms with van der Waals surface area (Å²) in [6, 6.07) is 8.01. The first-order chi connectivity index (χ1) is 15.1. The molecule has 0 spiro atoms. The summed E-state index contributed by atoms with van der Waals surface area (Å²) in [6.45, 7) is 1.06. The van der Waals surface area contributed by atoms with Crippen molar-refractivity contribution in [2.75, 3.05) is 18.6 Å². The van der Waals surface area contributed by atoms with Crippen LogP contribution >= 0.6 is 0 Å². The largest absolute Gasteiger partial charge is 0.497 e. The molecule has 156 valence electrons. The predicted octanol–water partition coefficient (Wildman–Crippen LogP) is 1.69. The molecule has 0 bridgehead atoms. The third kappa shape index (κ3) is 2.82. The van der Waals surface area contributed by atoms with E-state index in [2.05, 4.69) is 31.2 Å². The van der Waals surface area contributed by atoms with Crippen LogP contribution in [0.1, 0.15) is 17.6 Å². The summed E-state index contributed by atoms with van der Waals surface area (Å²) in [4.78, 5) is 27.8. The number of benzene rings is 1. The van der Waals surface area contributed by atoms with Gasteiger partial charge in [-0.3, -0.25) is 9.36 Å². The van der Waals surface area contributed by atoms with Gasteiger partial charge >= 0.3 is 0 Å². The second-order valence-electron chi connectivity index (χ2n) is 7.82. The topological polar surface area (TPSA) is 104 Å². The zero-order valence-corrected chi connectivity index (χ0v) is 17.0. The third-order valence-corrected chi connectivity index (χ3v) is 5.95. The van der Waals surface area contributed by atoms with Crippen LogP contribution in [0.3, 0.4) is 0 Å². The van der Waals surface area contributed by atoms with Gasteiger partial charge in [0.25, 0.3) is 5.56 Å². The fourth-order valence-corrected chi connectivity index (χ4v) is 4.24. The molecule has 4 heterocycles. The van der Waals surface area contributed by atoms with Crippen molar-refractivity contribution < 1.29 is 9.26 Å². The smallest absolute Gasteiger partial charge is 0.280 e. The van der Waals surface area contributed by atoms with E-state index in [1.165, 1.54) is 16.5 Å². The highest BCUT2D eigenvalue weighted by atomic mass is 16.5. The number of aromatic nitrogens is 6. The SMILES string of the molecule is COc1ccc(N2C=C3[C@H](c4noc(Cn5cnc6ncn(C)c6c5=O)n4)[C@H]3C2)cc1. The average molecular weight is 417 g/mol. The molecule has 4 aromatic rings. The van der Waals surface area contributed by atoms with Crippen molar-refractivity contribution in [3.8, 4) is 5.75 Å². The maximum atomic E-state index is 12.7. The lowest BCUT2D eigenvalue weighted by atomic mass is 10.2. The van der Waals surface area contributed by atoms with E-state index in [9.17, 15) is 4.79 Å². The lowest BCUT2D eigenvalue weighted by Gasteiger charge is -2.18. The van der Waals surface area contributed by atoms with Crippen LogP contribution in [-0.4, -0.2) is 42.9 Å². The molecule has 3 aromatic heterocycles. The molecule has 1 aliphatic heterocycles. The zero-order valence-electron chi connectivity index (χ0n) is 17.0. The van der Waals surface area contributed by atoms with Crippen molar-refractivity contribution in [3.63, 3.8) is 0 Å². The first kappa shape index (κ1) is 17.9. The van der Waals surface area contributed by atoms with Crippen molar-refractivity contribution in [2.24, 2.45) is 13.0 Å². The number of anilines is 1. The monoisotopic (exact) mass is 417 g/mol. The average Bonchev–Trinajstić information content (AvgIpc) is 3.21.